The molecule has 1 aromatic heterocycles. The summed E-state index contributed by atoms with van der Waals surface area (Å²) in [5.74, 6) is 1.44. The smallest absolute Gasteiger partial charge is 0.231 e. The van der Waals surface area contributed by atoms with Gasteiger partial charge < -0.3 is 14.6 Å². The van der Waals surface area contributed by atoms with Gasteiger partial charge in [-0.3, -0.25) is 0 Å². The van der Waals surface area contributed by atoms with Crippen LogP contribution in [0, 0.1) is 0 Å². The molecule has 4 nitrogen and oxygen atoms in total. The monoisotopic (exact) mass is 269 g/mol. The highest BCUT2D eigenvalue weighted by molar-refractivity contribution is 7.19. The van der Waals surface area contributed by atoms with Crippen LogP contribution < -0.4 is 9.47 Å². The zero-order valence-corrected chi connectivity index (χ0v) is 10.2. The van der Waals surface area contributed by atoms with Gasteiger partial charge in [0.05, 0.1) is 12.3 Å². The molecule has 88 valence electrons. The van der Waals surface area contributed by atoms with Crippen molar-refractivity contribution in [2.24, 2.45) is 0 Å². The lowest BCUT2D eigenvalue weighted by Gasteiger charge is -1.98. The second-order valence-electron chi connectivity index (χ2n) is 3.47. The van der Waals surface area contributed by atoms with Gasteiger partial charge in [0, 0.05) is 5.56 Å². The van der Waals surface area contributed by atoms with Gasteiger partial charge in [-0.05, 0) is 18.2 Å². The first-order chi connectivity index (χ1) is 8.28. The first-order valence-corrected chi connectivity index (χ1v) is 6.13. The van der Waals surface area contributed by atoms with Crippen LogP contribution in [-0.2, 0) is 6.61 Å². The summed E-state index contributed by atoms with van der Waals surface area (Å²) < 4.78 is 11.0. The molecular weight excluding hydrogens is 262 g/mol. The van der Waals surface area contributed by atoms with E-state index in [1.165, 1.54) is 11.3 Å². The predicted octanol–water partition coefficient (Wildman–Crippen LogP) is 2.68. The Morgan fingerprint density at radius 1 is 1.35 bits per heavy atom. The average molecular weight is 270 g/mol. The average Bonchev–Trinajstić information content (AvgIpc) is 2.93. The van der Waals surface area contributed by atoms with E-state index in [0.717, 1.165) is 16.3 Å². The van der Waals surface area contributed by atoms with Gasteiger partial charge in [0.1, 0.15) is 9.34 Å². The van der Waals surface area contributed by atoms with E-state index in [4.69, 9.17) is 26.2 Å². The van der Waals surface area contributed by atoms with E-state index in [9.17, 15) is 0 Å². The fraction of sp³-hybridized carbons (Fsp3) is 0.182. The van der Waals surface area contributed by atoms with Gasteiger partial charge in [-0.2, -0.15) is 0 Å². The van der Waals surface area contributed by atoms with Crippen molar-refractivity contribution in [3.63, 3.8) is 0 Å². The number of nitrogens with zero attached hydrogens (tertiary/aromatic N) is 1. The zero-order valence-electron chi connectivity index (χ0n) is 8.64. The Morgan fingerprint density at radius 3 is 2.94 bits per heavy atom. The Balaban J connectivity index is 2.03. The number of rotatable bonds is 2. The SMILES string of the molecule is OCc1nc(-c2ccc3c(c2)OCO3)sc1Cl. The third-order valence-corrected chi connectivity index (χ3v) is 3.80. The number of ether oxygens (including phenoxy) is 2. The van der Waals surface area contributed by atoms with Crippen molar-refractivity contribution >= 4 is 22.9 Å². The third-order valence-electron chi connectivity index (χ3n) is 2.42. The molecule has 1 aliphatic rings. The maximum absolute atomic E-state index is 9.05. The van der Waals surface area contributed by atoms with Crippen LogP contribution in [0.5, 0.6) is 11.5 Å². The normalized spacial score (nSPS) is 13.1. The van der Waals surface area contributed by atoms with Crippen molar-refractivity contribution in [3.05, 3.63) is 28.2 Å². The van der Waals surface area contributed by atoms with Gasteiger partial charge in [-0.25, -0.2) is 4.98 Å². The molecule has 2 heterocycles. The molecule has 0 unspecified atom stereocenters. The zero-order chi connectivity index (χ0) is 11.8. The van der Waals surface area contributed by atoms with E-state index in [1.807, 2.05) is 18.2 Å². The molecule has 0 saturated heterocycles. The first kappa shape index (κ1) is 10.8. The summed E-state index contributed by atoms with van der Waals surface area (Å²) in [4.78, 5) is 4.26. The molecule has 0 aliphatic carbocycles. The number of thiazole rings is 1. The molecule has 0 radical (unpaired) electrons. The van der Waals surface area contributed by atoms with Crippen molar-refractivity contribution in [2.75, 3.05) is 6.79 Å². The molecule has 0 saturated carbocycles. The van der Waals surface area contributed by atoms with Gasteiger partial charge in [0.15, 0.2) is 11.5 Å². The lowest BCUT2D eigenvalue weighted by Crippen LogP contribution is -1.92. The second kappa shape index (κ2) is 4.18. The summed E-state index contributed by atoms with van der Waals surface area (Å²) in [5, 5.41) is 9.81. The minimum absolute atomic E-state index is 0.153. The molecule has 0 amide bonds. The van der Waals surface area contributed by atoms with E-state index >= 15 is 0 Å². The Hall–Kier alpha value is -1.30. The first-order valence-electron chi connectivity index (χ1n) is 4.94. The van der Waals surface area contributed by atoms with Crippen LogP contribution in [0.1, 0.15) is 5.69 Å². The van der Waals surface area contributed by atoms with Crippen molar-refractivity contribution in [1.29, 1.82) is 0 Å². The van der Waals surface area contributed by atoms with Crippen LogP contribution in [0.2, 0.25) is 4.34 Å². The summed E-state index contributed by atoms with van der Waals surface area (Å²) in [5.41, 5.74) is 1.41. The highest BCUT2D eigenvalue weighted by Crippen LogP contribution is 2.38. The standard InChI is InChI=1S/C11H8ClNO3S/c12-10-7(4-14)13-11(17-10)6-1-2-8-9(3-6)16-5-15-8/h1-3,14H,4-5H2. The van der Waals surface area contributed by atoms with E-state index < -0.39 is 0 Å². The summed E-state index contributed by atoms with van der Waals surface area (Å²) in [7, 11) is 0. The lowest BCUT2D eigenvalue weighted by atomic mass is 10.2. The number of aliphatic hydroxyl groups excluding tert-OH is 1. The molecule has 0 spiro atoms. The van der Waals surface area contributed by atoms with Gasteiger partial charge in [0.25, 0.3) is 0 Å². The molecule has 6 heteroatoms. The quantitative estimate of drug-likeness (QED) is 0.911. The van der Waals surface area contributed by atoms with Gasteiger partial charge in [0.2, 0.25) is 6.79 Å². The molecule has 0 atom stereocenters. The summed E-state index contributed by atoms with van der Waals surface area (Å²) >= 11 is 7.29. The Morgan fingerprint density at radius 2 is 2.18 bits per heavy atom. The molecule has 1 N–H and O–H groups in total. The number of aromatic nitrogens is 1. The van der Waals surface area contributed by atoms with Crippen LogP contribution >= 0.6 is 22.9 Å². The number of benzene rings is 1. The molecule has 1 aromatic carbocycles. The van der Waals surface area contributed by atoms with Crippen LogP contribution in [0.15, 0.2) is 18.2 Å². The largest absolute Gasteiger partial charge is 0.454 e. The number of hydrogen-bond acceptors (Lipinski definition) is 5. The summed E-state index contributed by atoms with van der Waals surface area (Å²) in [6.45, 7) is 0.0964. The topological polar surface area (TPSA) is 51.6 Å². The number of hydrogen-bond donors (Lipinski definition) is 1. The van der Waals surface area contributed by atoms with Crippen LogP contribution in [0.25, 0.3) is 10.6 Å². The van der Waals surface area contributed by atoms with Gasteiger partial charge >= 0.3 is 0 Å². The maximum Gasteiger partial charge on any atom is 0.231 e. The third kappa shape index (κ3) is 1.86. The Bertz CT molecular complexity index is 570. The van der Waals surface area contributed by atoms with Gasteiger partial charge in [-0.1, -0.05) is 11.6 Å². The van der Waals surface area contributed by atoms with Crippen LogP contribution in [0.4, 0.5) is 0 Å². The number of fused-ring (bicyclic) bond motifs is 1. The van der Waals surface area contributed by atoms with E-state index in [0.29, 0.717) is 15.8 Å². The van der Waals surface area contributed by atoms with E-state index in [-0.39, 0.29) is 13.4 Å². The summed E-state index contributed by atoms with van der Waals surface area (Å²) in [6, 6.07) is 5.59. The predicted molar refractivity (Wildman–Crippen MR) is 64.6 cm³/mol. The molecular formula is C11H8ClNO3S. The minimum atomic E-state index is -0.153. The van der Waals surface area contributed by atoms with Crippen molar-refractivity contribution in [3.8, 4) is 22.1 Å². The van der Waals surface area contributed by atoms with Gasteiger partial charge in [-0.15, -0.1) is 11.3 Å². The Kier molecular flexibility index (Phi) is 2.66. The molecule has 0 fully saturated rings. The maximum atomic E-state index is 9.05. The lowest BCUT2D eigenvalue weighted by molar-refractivity contribution is 0.174. The fourth-order valence-electron chi connectivity index (χ4n) is 1.58. The van der Waals surface area contributed by atoms with Crippen LogP contribution in [-0.4, -0.2) is 16.9 Å². The molecule has 17 heavy (non-hydrogen) atoms. The highest BCUT2D eigenvalue weighted by Gasteiger charge is 2.16. The number of halogens is 1. The fourth-order valence-corrected chi connectivity index (χ4v) is 2.70. The van der Waals surface area contributed by atoms with Crippen molar-refractivity contribution in [1.82, 2.24) is 4.98 Å². The Labute approximate surface area is 106 Å². The van der Waals surface area contributed by atoms with Crippen molar-refractivity contribution in [2.45, 2.75) is 6.61 Å². The number of aliphatic hydroxyl groups is 1. The minimum Gasteiger partial charge on any atom is -0.454 e. The molecule has 0 bridgehead atoms. The van der Waals surface area contributed by atoms with Crippen LogP contribution in [0.3, 0.4) is 0 Å². The highest BCUT2D eigenvalue weighted by atomic mass is 35.5. The molecule has 2 aromatic rings. The van der Waals surface area contributed by atoms with E-state index in [1.54, 1.807) is 0 Å². The van der Waals surface area contributed by atoms with E-state index in [2.05, 4.69) is 4.98 Å². The second-order valence-corrected chi connectivity index (χ2v) is 5.07. The summed E-state index contributed by atoms with van der Waals surface area (Å²) in [6.07, 6.45) is 0. The molecule has 3 rings (SSSR count). The van der Waals surface area contributed by atoms with Crippen molar-refractivity contribution < 1.29 is 14.6 Å². The molecule has 1 aliphatic heterocycles.